The van der Waals surface area contributed by atoms with Crippen LogP contribution in [0.15, 0.2) is 30.6 Å². The molecule has 0 aliphatic rings. The van der Waals surface area contributed by atoms with Crippen molar-refractivity contribution in [1.29, 1.82) is 0 Å². The molecule has 0 aliphatic carbocycles. The molecule has 0 bridgehead atoms. The van der Waals surface area contributed by atoms with Crippen molar-refractivity contribution in [2.75, 3.05) is 7.05 Å². The number of amides is 1. The summed E-state index contributed by atoms with van der Waals surface area (Å²) >= 11 is 0. The van der Waals surface area contributed by atoms with Gasteiger partial charge >= 0.3 is 5.97 Å². The van der Waals surface area contributed by atoms with E-state index in [1.165, 1.54) is 36.8 Å². The average Bonchev–Trinajstić information content (AvgIpc) is 3.01. The normalized spacial score (nSPS) is 11.2. The van der Waals surface area contributed by atoms with Gasteiger partial charge in [-0.1, -0.05) is 12.1 Å². The first-order chi connectivity index (χ1) is 10.3. The Morgan fingerprint density at radius 2 is 1.91 bits per heavy atom. The monoisotopic (exact) mass is 303 g/mol. The Morgan fingerprint density at radius 3 is 2.41 bits per heavy atom. The van der Waals surface area contributed by atoms with Gasteiger partial charge in [0, 0.05) is 7.05 Å². The Kier molecular flexibility index (Phi) is 4.20. The second-order valence-electron chi connectivity index (χ2n) is 5.41. The molecule has 0 fully saturated rings. The topological polar surface area (TPSA) is 101 Å². The van der Waals surface area contributed by atoms with Crippen LogP contribution in [0, 0.1) is 0 Å². The Balaban J connectivity index is 2.08. The Hall–Kier alpha value is -2.77. The maximum Gasteiger partial charge on any atom is 0.329 e. The first kappa shape index (κ1) is 15.6. The molecule has 1 aromatic carbocycles. The van der Waals surface area contributed by atoms with E-state index in [1.54, 1.807) is 24.3 Å². The van der Waals surface area contributed by atoms with Crippen LogP contribution in [0.4, 0.5) is 0 Å². The first-order valence-corrected chi connectivity index (χ1v) is 6.64. The zero-order valence-electron chi connectivity index (χ0n) is 12.6. The number of tetrazole rings is 1. The van der Waals surface area contributed by atoms with Crippen LogP contribution in [0.1, 0.15) is 19.4 Å². The first-order valence-electron chi connectivity index (χ1n) is 6.64. The highest BCUT2D eigenvalue weighted by molar-refractivity contribution is 5.87. The molecule has 8 nitrogen and oxygen atoms in total. The third-order valence-corrected chi connectivity index (χ3v) is 3.64. The van der Waals surface area contributed by atoms with Gasteiger partial charge in [0.2, 0.25) is 5.91 Å². The number of rotatable bonds is 5. The van der Waals surface area contributed by atoms with Crippen LogP contribution in [0.5, 0.6) is 0 Å². The van der Waals surface area contributed by atoms with Crippen LogP contribution in [-0.4, -0.2) is 54.7 Å². The number of nitrogens with zero attached hydrogens (tertiary/aromatic N) is 5. The lowest BCUT2D eigenvalue weighted by Crippen LogP contribution is -2.51. The number of carbonyl (C=O) groups is 2. The number of likely N-dealkylation sites (N-methyl/N-ethyl adjacent to an activating group) is 1. The Morgan fingerprint density at radius 1 is 1.27 bits per heavy atom. The molecule has 116 valence electrons. The molecular formula is C14H17N5O3. The molecule has 0 atom stereocenters. The highest BCUT2D eigenvalue weighted by Gasteiger charge is 2.34. The van der Waals surface area contributed by atoms with Gasteiger partial charge in [-0.05, 0) is 42.0 Å². The molecule has 2 aromatic rings. The van der Waals surface area contributed by atoms with Crippen LogP contribution in [0.25, 0.3) is 5.69 Å². The summed E-state index contributed by atoms with van der Waals surface area (Å²) in [5.74, 6) is -1.31. The molecule has 1 amide bonds. The quantitative estimate of drug-likeness (QED) is 0.864. The van der Waals surface area contributed by atoms with E-state index >= 15 is 0 Å². The molecule has 22 heavy (non-hydrogen) atoms. The van der Waals surface area contributed by atoms with Gasteiger partial charge in [-0.3, -0.25) is 4.79 Å². The predicted molar refractivity (Wildman–Crippen MR) is 77.3 cm³/mol. The van der Waals surface area contributed by atoms with Gasteiger partial charge < -0.3 is 10.0 Å². The van der Waals surface area contributed by atoms with Crippen molar-refractivity contribution < 1.29 is 14.7 Å². The van der Waals surface area contributed by atoms with E-state index in [1.807, 2.05) is 0 Å². The van der Waals surface area contributed by atoms with E-state index in [0.29, 0.717) is 0 Å². The molecule has 8 heteroatoms. The van der Waals surface area contributed by atoms with Gasteiger partial charge in [-0.2, -0.15) is 0 Å². The van der Waals surface area contributed by atoms with Crippen molar-refractivity contribution in [2.24, 2.45) is 0 Å². The zero-order valence-corrected chi connectivity index (χ0v) is 12.6. The van der Waals surface area contributed by atoms with Gasteiger partial charge in [-0.25, -0.2) is 9.48 Å². The summed E-state index contributed by atoms with van der Waals surface area (Å²) in [6, 6.07) is 7.16. The molecule has 0 saturated heterocycles. The number of carboxylic acid groups (broad SMARTS) is 1. The molecule has 1 N–H and O–H groups in total. The van der Waals surface area contributed by atoms with E-state index < -0.39 is 11.5 Å². The van der Waals surface area contributed by atoms with Crippen molar-refractivity contribution in [1.82, 2.24) is 25.1 Å². The minimum atomic E-state index is -1.25. The summed E-state index contributed by atoms with van der Waals surface area (Å²) in [6.45, 7) is 2.99. The van der Waals surface area contributed by atoms with Gasteiger partial charge in [0.25, 0.3) is 0 Å². The standard InChI is InChI=1S/C14H17N5O3/c1-14(2,13(21)22)18(3)12(20)8-10-4-6-11(7-5-10)19-9-15-16-17-19/h4-7,9H,8H2,1-3H3,(H,21,22). The van der Waals surface area contributed by atoms with Crippen molar-refractivity contribution in [3.8, 4) is 5.69 Å². The van der Waals surface area contributed by atoms with Crippen molar-refractivity contribution in [3.63, 3.8) is 0 Å². The fourth-order valence-electron chi connectivity index (χ4n) is 1.79. The molecule has 1 heterocycles. The number of aliphatic carboxylic acids is 1. The fourth-order valence-corrected chi connectivity index (χ4v) is 1.79. The number of aromatic nitrogens is 4. The number of carboxylic acids is 1. The van der Waals surface area contributed by atoms with Crippen LogP contribution < -0.4 is 0 Å². The molecule has 0 spiro atoms. The number of benzene rings is 1. The summed E-state index contributed by atoms with van der Waals surface area (Å²) in [7, 11) is 1.49. The lowest BCUT2D eigenvalue weighted by atomic mass is 10.0. The molecule has 1 aromatic heterocycles. The second kappa shape index (κ2) is 5.92. The Labute approximate surface area is 127 Å². The van der Waals surface area contributed by atoms with Crippen molar-refractivity contribution in [2.45, 2.75) is 25.8 Å². The Bertz CT molecular complexity index is 664. The van der Waals surface area contributed by atoms with E-state index in [0.717, 1.165) is 11.3 Å². The number of carbonyl (C=O) groups excluding carboxylic acids is 1. The fraction of sp³-hybridized carbons (Fsp3) is 0.357. The molecule has 0 radical (unpaired) electrons. The van der Waals surface area contributed by atoms with Gasteiger partial charge in [0.1, 0.15) is 11.9 Å². The van der Waals surface area contributed by atoms with E-state index in [4.69, 9.17) is 5.11 Å². The molecule has 0 saturated carbocycles. The van der Waals surface area contributed by atoms with Gasteiger partial charge in [0.15, 0.2) is 0 Å². The van der Waals surface area contributed by atoms with E-state index in [9.17, 15) is 9.59 Å². The van der Waals surface area contributed by atoms with Crippen molar-refractivity contribution >= 4 is 11.9 Å². The second-order valence-corrected chi connectivity index (χ2v) is 5.41. The maximum absolute atomic E-state index is 12.2. The van der Waals surface area contributed by atoms with Gasteiger partial charge in [0.05, 0.1) is 12.1 Å². The molecular weight excluding hydrogens is 286 g/mol. The van der Waals surface area contributed by atoms with Crippen LogP contribution >= 0.6 is 0 Å². The summed E-state index contributed by atoms with van der Waals surface area (Å²) in [4.78, 5) is 24.6. The van der Waals surface area contributed by atoms with Crippen molar-refractivity contribution in [3.05, 3.63) is 36.2 Å². The largest absolute Gasteiger partial charge is 0.480 e. The highest BCUT2D eigenvalue weighted by atomic mass is 16.4. The van der Waals surface area contributed by atoms with Crippen LogP contribution in [-0.2, 0) is 16.0 Å². The molecule has 0 aliphatic heterocycles. The smallest absolute Gasteiger partial charge is 0.329 e. The summed E-state index contributed by atoms with van der Waals surface area (Å²) in [6.07, 6.45) is 1.60. The average molecular weight is 303 g/mol. The third kappa shape index (κ3) is 3.11. The predicted octanol–water partition coefficient (Wildman–Crippen LogP) is 0.526. The highest BCUT2D eigenvalue weighted by Crippen LogP contribution is 2.15. The summed E-state index contributed by atoms with van der Waals surface area (Å²) in [5.41, 5.74) is 0.318. The SMILES string of the molecule is CN(C(=O)Cc1ccc(-n2cnnn2)cc1)C(C)(C)C(=O)O. The maximum atomic E-state index is 12.2. The lowest BCUT2D eigenvalue weighted by molar-refractivity contribution is -0.155. The molecule has 0 unspecified atom stereocenters. The number of hydrogen-bond donors (Lipinski definition) is 1. The molecule has 2 rings (SSSR count). The number of hydrogen-bond acceptors (Lipinski definition) is 5. The van der Waals surface area contributed by atoms with Gasteiger partial charge in [-0.15, -0.1) is 5.10 Å². The van der Waals surface area contributed by atoms with Crippen LogP contribution in [0.2, 0.25) is 0 Å². The van der Waals surface area contributed by atoms with Crippen LogP contribution in [0.3, 0.4) is 0 Å². The van der Waals surface area contributed by atoms with E-state index in [2.05, 4.69) is 15.5 Å². The third-order valence-electron chi connectivity index (χ3n) is 3.64. The summed E-state index contributed by atoms with van der Waals surface area (Å²) < 4.78 is 1.51. The lowest BCUT2D eigenvalue weighted by Gasteiger charge is -2.31. The summed E-state index contributed by atoms with van der Waals surface area (Å²) in [5, 5.41) is 20.0. The minimum absolute atomic E-state index is 0.128. The van der Waals surface area contributed by atoms with E-state index in [-0.39, 0.29) is 12.3 Å². The minimum Gasteiger partial charge on any atom is -0.480 e. The zero-order chi connectivity index (χ0) is 16.3.